The Bertz CT molecular complexity index is 818. The molecule has 0 bridgehead atoms. The van der Waals surface area contributed by atoms with Crippen LogP contribution in [0.1, 0.15) is 27.9 Å². The molecule has 152 valence electrons. The summed E-state index contributed by atoms with van der Waals surface area (Å²) in [5.41, 5.74) is 1.81. The van der Waals surface area contributed by atoms with Gasteiger partial charge in [-0.05, 0) is 24.0 Å². The van der Waals surface area contributed by atoms with Gasteiger partial charge in [-0.1, -0.05) is 17.5 Å². The van der Waals surface area contributed by atoms with E-state index in [1.807, 2.05) is 24.0 Å². The van der Waals surface area contributed by atoms with E-state index in [4.69, 9.17) is 14.2 Å². The summed E-state index contributed by atoms with van der Waals surface area (Å²) in [5.74, 6) is 1.96. The summed E-state index contributed by atoms with van der Waals surface area (Å²) >= 11 is 1.18. The average molecular weight is 407 g/mol. The first kappa shape index (κ1) is 20.3. The summed E-state index contributed by atoms with van der Waals surface area (Å²) in [7, 11) is 4.84. The number of piperazine rings is 1. The van der Waals surface area contributed by atoms with E-state index in [-0.39, 0.29) is 5.91 Å². The summed E-state index contributed by atoms with van der Waals surface area (Å²) in [6, 6.07) is 3.88. The fourth-order valence-electron chi connectivity index (χ4n) is 3.38. The lowest BCUT2D eigenvalue weighted by Gasteiger charge is -2.34. The normalized spacial score (nSPS) is 14.8. The minimum Gasteiger partial charge on any atom is -0.493 e. The van der Waals surface area contributed by atoms with Crippen LogP contribution in [0.2, 0.25) is 0 Å². The fraction of sp³-hybridized carbons (Fsp3) is 0.526. The van der Waals surface area contributed by atoms with E-state index >= 15 is 0 Å². The number of carbonyl (C=O) groups excluding carboxylic acids is 1. The second kappa shape index (κ2) is 9.20. The molecule has 3 rings (SSSR count). The predicted octanol–water partition coefficient (Wildman–Crippen LogP) is 2.08. The molecule has 1 saturated heterocycles. The number of carbonyl (C=O) groups is 1. The first-order valence-electron chi connectivity index (χ1n) is 9.23. The molecular formula is C19H26N4O4S. The highest BCUT2D eigenvalue weighted by atomic mass is 32.1. The van der Waals surface area contributed by atoms with Crippen LogP contribution in [0.4, 0.5) is 0 Å². The van der Waals surface area contributed by atoms with Gasteiger partial charge in [0.15, 0.2) is 11.5 Å². The minimum absolute atomic E-state index is 0.0372. The molecular weight excluding hydrogens is 380 g/mol. The number of hydrogen-bond donors (Lipinski definition) is 0. The maximum atomic E-state index is 12.7. The van der Waals surface area contributed by atoms with E-state index in [0.29, 0.717) is 41.8 Å². The number of ether oxygens (including phenoxy) is 3. The Labute approximate surface area is 169 Å². The van der Waals surface area contributed by atoms with Crippen molar-refractivity contribution in [1.82, 2.24) is 19.4 Å². The number of aromatic nitrogens is 2. The summed E-state index contributed by atoms with van der Waals surface area (Å²) < 4.78 is 20.3. The highest BCUT2D eigenvalue weighted by Gasteiger charge is 2.26. The Morgan fingerprint density at radius 2 is 1.79 bits per heavy atom. The molecule has 0 aliphatic carbocycles. The van der Waals surface area contributed by atoms with Gasteiger partial charge in [-0.15, -0.1) is 5.10 Å². The van der Waals surface area contributed by atoms with Gasteiger partial charge in [0, 0.05) is 38.3 Å². The summed E-state index contributed by atoms with van der Waals surface area (Å²) in [4.78, 5) is 17.6. The molecule has 8 nitrogen and oxygen atoms in total. The standard InChI is InChI=1S/C19H26N4O4S/c1-5-14-18(28-21-20-14)19(24)23-10-8-22(9-11-23)12-13-6-7-15(25-2)17(27-4)16(13)26-3/h6-7H,5,8-12H2,1-4H3. The van der Waals surface area contributed by atoms with Crippen LogP contribution in [0, 0.1) is 0 Å². The molecule has 1 amide bonds. The zero-order chi connectivity index (χ0) is 20.1. The van der Waals surface area contributed by atoms with Crippen LogP contribution in [-0.2, 0) is 13.0 Å². The van der Waals surface area contributed by atoms with Gasteiger partial charge in [0.25, 0.3) is 5.91 Å². The van der Waals surface area contributed by atoms with Gasteiger partial charge in [-0.2, -0.15) is 0 Å². The number of rotatable bonds is 7. The van der Waals surface area contributed by atoms with Crippen LogP contribution >= 0.6 is 11.5 Å². The lowest BCUT2D eigenvalue weighted by molar-refractivity contribution is 0.0631. The van der Waals surface area contributed by atoms with Crippen LogP contribution < -0.4 is 14.2 Å². The second-order valence-corrected chi connectivity index (χ2v) is 7.22. The van der Waals surface area contributed by atoms with Crippen molar-refractivity contribution >= 4 is 17.4 Å². The number of benzene rings is 1. The number of aryl methyl sites for hydroxylation is 1. The molecule has 2 heterocycles. The number of methoxy groups -OCH3 is 3. The van der Waals surface area contributed by atoms with E-state index in [2.05, 4.69) is 14.5 Å². The third-order valence-corrected chi connectivity index (χ3v) is 5.68. The van der Waals surface area contributed by atoms with Crippen molar-refractivity contribution in [3.8, 4) is 17.2 Å². The molecule has 1 aromatic carbocycles. The zero-order valence-corrected chi connectivity index (χ0v) is 17.5. The topological polar surface area (TPSA) is 77.0 Å². The largest absolute Gasteiger partial charge is 0.493 e. The minimum atomic E-state index is 0.0372. The van der Waals surface area contributed by atoms with Crippen LogP contribution in [0.3, 0.4) is 0 Å². The van der Waals surface area contributed by atoms with Gasteiger partial charge in [0.2, 0.25) is 5.75 Å². The molecule has 1 aliphatic rings. The van der Waals surface area contributed by atoms with Crippen molar-refractivity contribution in [3.63, 3.8) is 0 Å². The van der Waals surface area contributed by atoms with E-state index in [9.17, 15) is 4.79 Å². The smallest absolute Gasteiger partial charge is 0.267 e. The van der Waals surface area contributed by atoms with Crippen molar-refractivity contribution in [2.75, 3.05) is 47.5 Å². The SMILES string of the molecule is CCc1nnsc1C(=O)N1CCN(Cc2ccc(OC)c(OC)c2OC)CC1. The monoisotopic (exact) mass is 406 g/mol. The number of nitrogens with zero attached hydrogens (tertiary/aromatic N) is 4. The van der Waals surface area contributed by atoms with Gasteiger partial charge in [-0.25, -0.2) is 0 Å². The highest BCUT2D eigenvalue weighted by Crippen LogP contribution is 2.40. The van der Waals surface area contributed by atoms with Crippen molar-refractivity contribution in [2.24, 2.45) is 0 Å². The molecule has 2 aromatic rings. The van der Waals surface area contributed by atoms with E-state index in [1.165, 1.54) is 11.5 Å². The number of amides is 1. The van der Waals surface area contributed by atoms with E-state index in [1.54, 1.807) is 21.3 Å². The third-order valence-electron chi connectivity index (χ3n) is 4.92. The van der Waals surface area contributed by atoms with Gasteiger partial charge in [-0.3, -0.25) is 9.69 Å². The van der Waals surface area contributed by atoms with Crippen molar-refractivity contribution in [1.29, 1.82) is 0 Å². The second-order valence-electron chi connectivity index (χ2n) is 6.46. The third kappa shape index (κ3) is 4.05. The molecule has 0 saturated carbocycles. The molecule has 0 spiro atoms. The van der Waals surface area contributed by atoms with Crippen LogP contribution in [0.5, 0.6) is 17.2 Å². The number of hydrogen-bond acceptors (Lipinski definition) is 8. The van der Waals surface area contributed by atoms with E-state index in [0.717, 1.165) is 30.8 Å². The maximum Gasteiger partial charge on any atom is 0.267 e. The van der Waals surface area contributed by atoms with Crippen LogP contribution in [-0.4, -0.2) is 72.8 Å². The van der Waals surface area contributed by atoms with Crippen molar-refractivity contribution in [3.05, 3.63) is 28.3 Å². The average Bonchev–Trinajstić information content (AvgIpc) is 3.22. The maximum absolute atomic E-state index is 12.7. The Hall–Kier alpha value is -2.39. The molecule has 9 heteroatoms. The molecule has 0 unspecified atom stereocenters. The molecule has 1 fully saturated rings. The first-order valence-corrected chi connectivity index (χ1v) is 10.0. The van der Waals surface area contributed by atoms with Crippen molar-refractivity contribution in [2.45, 2.75) is 19.9 Å². The predicted molar refractivity (Wildman–Crippen MR) is 107 cm³/mol. The quantitative estimate of drug-likeness (QED) is 0.697. The Morgan fingerprint density at radius 3 is 2.39 bits per heavy atom. The summed E-state index contributed by atoms with van der Waals surface area (Å²) in [6.07, 6.45) is 0.719. The first-order chi connectivity index (χ1) is 13.6. The molecule has 1 aromatic heterocycles. The Balaban J connectivity index is 1.65. The molecule has 1 aliphatic heterocycles. The van der Waals surface area contributed by atoms with Gasteiger partial charge in [0.1, 0.15) is 4.88 Å². The van der Waals surface area contributed by atoms with Gasteiger partial charge >= 0.3 is 0 Å². The van der Waals surface area contributed by atoms with E-state index < -0.39 is 0 Å². The zero-order valence-electron chi connectivity index (χ0n) is 16.7. The van der Waals surface area contributed by atoms with Gasteiger partial charge < -0.3 is 19.1 Å². The van der Waals surface area contributed by atoms with Crippen molar-refractivity contribution < 1.29 is 19.0 Å². The Kier molecular flexibility index (Phi) is 6.69. The lowest BCUT2D eigenvalue weighted by atomic mass is 10.1. The van der Waals surface area contributed by atoms with Crippen LogP contribution in [0.15, 0.2) is 12.1 Å². The van der Waals surface area contributed by atoms with Gasteiger partial charge in [0.05, 0.1) is 27.0 Å². The summed E-state index contributed by atoms with van der Waals surface area (Å²) in [6.45, 7) is 5.63. The molecule has 28 heavy (non-hydrogen) atoms. The Morgan fingerprint density at radius 1 is 1.07 bits per heavy atom. The lowest BCUT2D eigenvalue weighted by Crippen LogP contribution is -2.48. The summed E-state index contributed by atoms with van der Waals surface area (Å²) in [5, 5.41) is 4.05. The fourth-order valence-corrected chi connectivity index (χ4v) is 4.10. The molecule has 0 N–H and O–H groups in total. The van der Waals surface area contributed by atoms with Crippen LogP contribution in [0.25, 0.3) is 0 Å². The molecule has 0 atom stereocenters. The highest BCUT2D eigenvalue weighted by molar-refractivity contribution is 7.08. The molecule has 0 radical (unpaired) electrons.